The summed E-state index contributed by atoms with van der Waals surface area (Å²) in [7, 11) is -4.86. The van der Waals surface area contributed by atoms with Crippen molar-refractivity contribution in [2.24, 2.45) is 0 Å². The molecule has 0 aliphatic heterocycles. The van der Waals surface area contributed by atoms with Gasteiger partial charge in [0.25, 0.3) is 5.12 Å². The Kier molecular flexibility index (Phi) is 9.99. The quantitative estimate of drug-likeness (QED) is 0.321. The van der Waals surface area contributed by atoms with E-state index in [2.05, 4.69) is 18.8 Å². The number of carbonyl (C=O) groups is 2. The molecule has 1 unspecified atom stereocenters. The van der Waals surface area contributed by atoms with Gasteiger partial charge in [-0.25, -0.2) is 0 Å². The molecule has 23 heavy (non-hydrogen) atoms. The van der Waals surface area contributed by atoms with Gasteiger partial charge in [0, 0.05) is 0 Å². The van der Waals surface area contributed by atoms with Gasteiger partial charge in [-0.05, 0) is 19.4 Å². The molecule has 0 radical (unpaired) electrons. The number of carbonyl (C=O) groups excluding carboxylic acids is 2. The van der Waals surface area contributed by atoms with Crippen molar-refractivity contribution in [1.82, 2.24) is 5.32 Å². The number of unbranched alkanes of at least 4 members (excludes halogenated alkanes) is 7. The lowest BCUT2D eigenvalue weighted by atomic mass is 9.95. The van der Waals surface area contributed by atoms with E-state index in [1.54, 1.807) is 0 Å². The average molecular weight is 347 g/mol. The van der Waals surface area contributed by atoms with E-state index in [0.717, 1.165) is 25.3 Å². The summed E-state index contributed by atoms with van der Waals surface area (Å²) < 4.78 is 31.2. The smallest absolute Gasteiger partial charge is 0.331 e. The monoisotopic (exact) mass is 347 g/mol. The third-order valence-corrected chi connectivity index (χ3v) is 4.72. The van der Waals surface area contributed by atoms with E-state index in [0.29, 0.717) is 6.42 Å². The molecule has 0 aromatic heterocycles. The minimum absolute atomic E-state index is 0.153. The molecule has 0 saturated carbocycles. The fourth-order valence-corrected chi connectivity index (χ4v) is 3.16. The van der Waals surface area contributed by atoms with E-state index in [1.807, 2.05) is 0 Å². The van der Waals surface area contributed by atoms with Crippen LogP contribution in [-0.4, -0.2) is 29.5 Å². The van der Waals surface area contributed by atoms with Gasteiger partial charge < -0.3 is 5.32 Å². The average Bonchev–Trinajstić information content (AvgIpc) is 2.48. The molecule has 7 heteroatoms. The number of hydrogen-bond acceptors (Lipinski definition) is 4. The minimum Gasteiger partial charge on any atom is -0.339 e. The Morgan fingerprint density at radius 2 is 1.57 bits per heavy atom. The van der Waals surface area contributed by atoms with Crippen molar-refractivity contribution in [2.75, 3.05) is 0 Å². The van der Waals surface area contributed by atoms with Crippen LogP contribution in [-0.2, 0) is 19.7 Å². The lowest BCUT2D eigenvalue weighted by Gasteiger charge is -2.27. The molecule has 0 bridgehead atoms. The van der Waals surface area contributed by atoms with Gasteiger partial charge in [0.15, 0.2) is 0 Å². The van der Waals surface area contributed by atoms with E-state index in [-0.39, 0.29) is 6.42 Å². The summed E-state index contributed by atoms with van der Waals surface area (Å²) >= 11 is 0. The molecular weight excluding hydrogens is 318 g/mol. The Bertz CT molecular complexity index is 501. The summed E-state index contributed by atoms with van der Waals surface area (Å²) in [6, 6.07) is 0. The number of nitrogens with one attached hydrogen (secondary N) is 1. The highest BCUT2D eigenvalue weighted by Gasteiger charge is 2.41. The minimum atomic E-state index is -4.86. The van der Waals surface area contributed by atoms with Crippen LogP contribution in [0.5, 0.6) is 0 Å². The van der Waals surface area contributed by atoms with Gasteiger partial charge >= 0.3 is 10.1 Å². The summed E-state index contributed by atoms with van der Waals surface area (Å²) in [4.78, 5) is 23.3. The van der Waals surface area contributed by atoms with Gasteiger partial charge in [-0.1, -0.05) is 64.9 Å². The number of hydrogen-bond donors (Lipinski definition) is 2. The summed E-state index contributed by atoms with van der Waals surface area (Å²) in [5.41, 5.74) is -1.64. The predicted octanol–water partition coefficient (Wildman–Crippen LogP) is 2.99. The molecule has 0 aromatic carbocycles. The first-order valence-electron chi connectivity index (χ1n) is 8.14. The van der Waals surface area contributed by atoms with E-state index in [9.17, 15) is 18.0 Å². The molecule has 0 heterocycles. The largest absolute Gasteiger partial charge is 0.339 e. The third-order valence-electron chi connectivity index (χ3n) is 3.80. The van der Waals surface area contributed by atoms with Crippen molar-refractivity contribution < 1.29 is 22.6 Å². The van der Waals surface area contributed by atoms with Crippen LogP contribution < -0.4 is 5.32 Å². The summed E-state index contributed by atoms with van der Waals surface area (Å²) in [5.74, 6) is -0.649. The Labute approximate surface area is 139 Å². The van der Waals surface area contributed by atoms with Gasteiger partial charge in [-0.3, -0.25) is 14.1 Å². The summed E-state index contributed by atoms with van der Waals surface area (Å²) in [6.07, 6.45) is 9.44. The Balaban J connectivity index is 4.47. The molecule has 0 aliphatic rings. The van der Waals surface area contributed by atoms with Gasteiger partial charge in [0.1, 0.15) is 5.54 Å². The summed E-state index contributed by atoms with van der Waals surface area (Å²) in [5, 5.41) is 0.937. The van der Waals surface area contributed by atoms with Crippen molar-refractivity contribution in [3.05, 3.63) is 12.7 Å². The van der Waals surface area contributed by atoms with Crippen LogP contribution in [0.2, 0.25) is 0 Å². The molecular formula is C16H29NO5S. The van der Waals surface area contributed by atoms with Crippen molar-refractivity contribution in [3.63, 3.8) is 0 Å². The Morgan fingerprint density at radius 1 is 1.09 bits per heavy atom. The van der Waals surface area contributed by atoms with Crippen LogP contribution in [0.4, 0.5) is 0 Å². The zero-order valence-corrected chi connectivity index (χ0v) is 15.0. The molecule has 134 valence electrons. The first kappa shape index (κ1) is 21.8. The normalized spacial score (nSPS) is 14.0. The molecule has 0 aliphatic carbocycles. The molecule has 1 amide bonds. The van der Waals surface area contributed by atoms with Crippen molar-refractivity contribution in [1.29, 1.82) is 0 Å². The lowest BCUT2D eigenvalue weighted by molar-refractivity contribution is -0.125. The molecule has 6 nitrogen and oxygen atoms in total. The molecule has 0 spiro atoms. The van der Waals surface area contributed by atoms with Crippen molar-refractivity contribution >= 4 is 21.1 Å². The maximum Gasteiger partial charge on any atom is 0.331 e. The number of amides is 1. The second kappa shape index (κ2) is 10.5. The molecule has 0 aromatic rings. The predicted molar refractivity (Wildman–Crippen MR) is 90.5 cm³/mol. The van der Waals surface area contributed by atoms with Crippen LogP contribution >= 0.6 is 0 Å². The first-order valence-corrected chi connectivity index (χ1v) is 9.58. The second-order valence-electron chi connectivity index (χ2n) is 6.01. The van der Waals surface area contributed by atoms with Crippen LogP contribution in [0.15, 0.2) is 12.7 Å². The van der Waals surface area contributed by atoms with Gasteiger partial charge in [-0.15, -0.1) is 0 Å². The van der Waals surface area contributed by atoms with E-state index >= 15 is 0 Å². The highest BCUT2D eigenvalue weighted by atomic mass is 32.2. The standard InChI is InChI=1S/C16H29NO5S/c1-4-6-7-8-9-10-11-12-13-16(3,17-14(18)5-2)15(19)23(20,21)22/h5H,2,4,6-13H2,1,3H3,(H,17,18)(H,20,21,22). The third kappa shape index (κ3) is 8.86. The summed E-state index contributed by atoms with van der Waals surface area (Å²) in [6.45, 7) is 6.74. The fourth-order valence-electron chi connectivity index (χ4n) is 2.44. The zero-order chi connectivity index (χ0) is 17.9. The van der Waals surface area contributed by atoms with E-state index in [1.165, 1.54) is 32.6 Å². The lowest BCUT2D eigenvalue weighted by Crippen LogP contribution is -2.54. The number of rotatable bonds is 12. The highest BCUT2D eigenvalue weighted by Crippen LogP contribution is 2.20. The van der Waals surface area contributed by atoms with Crippen LogP contribution in [0.25, 0.3) is 0 Å². The topological polar surface area (TPSA) is 101 Å². The fraction of sp³-hybridized carbons (Fsp3) is 0.750. The SMILES string of the molecule is C=CC(=O)NC(C)(CCCCCCCCCC)C(=O)S(=O)(=O)O. The zero-order valence-electron chi connectivity index (χ0n) is 14.1. The van der Waals surface area contributed by atoms with Crippen molar-refractivity contribution in [2.45, 2.75) is 77.2 Å². The molecule has 1 atom stereocenters. The van der Waals surface area contributed by atoms with Crippen LogP contribution in [0, 0.1) is 0 Å². The molecule has 0 fully saturated rings. The van der Waals surface area contributed by atoms with Gasteiger partial charge in [-0.2, -0.15) is 8.42 Å². The van der Waals surface area contributed by atoms with Crippen molar-refractivity contribution in [3.8, 4) is 0 Å². The highest BCUT2D eigenvalue weighted by molar-refractivity contribution is 8.01. The maximum absolute atomic E-state index is 11.9. The van der Waals surface area contributed by atoms with Crippen LogP contribution in [0.1, 0.15) is 71.6 Å². The molecule has 0 saturated heterocycles. The first-order chi connectivity index (χ1) is 10.7. The van der Waals surface area contributed by atoms with Crippen LogP contribution in [0.3, 0.4) is 0 Å². The molecule has 0 rings (SSSR count). The van der Waals surface area contributed by atoms with Gasteiger partial charge in [0.05, 0.1) is 0 Å². The Hall–Kier alpha value is -1.21. The second-order valence-corrected chi connectivity index (χ2v) is 7.33. The Morgan fingerprint density at radius 3 is 2.00 bits per heavy atom. The maximum atomic E-state index is 11.9. The van der Waals surface area contributed by atoms with E-state index in [4.69, 9.17) is 4.55 Å². The van der Waals surface area contributed by atoms with E-state index < -0.39 is 26.7 Å². The van der Waals surface area contributed by atoms with Gasteiger partial charge in [0.2, 0.25) is 5.91 Å². The molecule has 2 N–H and O–H groups in total.